The second kappa shape index (κ2) is 10.7. The number of phenols is 2. The number of fused-ring (bicyclic) bond motifs is 7. The van der Waals surface area contributed by atoms with Gasteiger partial charge in [-0.15, -0.1) is 0 Å². The lowest BCUT2D eigenvalue weighted by molar-refractivity contribution is -0.202. The summed E-state index contributed by atoms with van der Waals surface area (Å²) in [5.41, 5.74) is -0.228. The number of esters is 1. The fraction of sp³-hybridized carbons (Fsp3) is 0.667. The molecular weight excluding hydrogens is 580 g/mol. The summed E-state index contributed by atoms with van der Waals surface area (Å²) in [4.78, 5) is 39.7. The van der Waals surface area contributed by atoms with Crippen LogP contribution in [0.25, 0.3) is 6.08 Å². The van der Waals surface area contributed by atoms with Crippen molar-refractivity contribution in [2.75, 3.05) is 6.61 Å². The van der Waals surface area contributed by atoms with E-state index in [-0.39, 0.29) is 57.5 Å². The predicted octanol–water partition coefficient (Wildman–Crippen LogP) is 8.09. The smallest absolute Gasteiger partial charge is 0.330 e. The minimum atomic E-state index is -0.806. The van der Waals surface area contributed by atoms with Crippen molar-refractivity contribution in [3.8, 4) is 11.5 Å². The molecule has 250 valence electrons. The molecule has 1 aromatic rings. The van der Waals surface area contributed by atoms with Crippen LogP contribution < -0.4 is 0 Å². The van der Waals surface area contributed by atoms with Crippen LogP contribution in [-0.2, 0) is 19.1 Å². The number of carbonyl (C=O) groups excluding carboxylic acids is 2. The van der Waals surface area contributed by atoms with Gasteiger partial charge in [0.15, 0.2) is 11.5 Å². The third-order valence-corrected chi connectivity index (χ3v) is 14.4. The first-order valence-corrected chi connectivity index (χ1v) is 17.3. The number of allylic oxidation sites excluding steroid dienone is 1. The Bertz CT molecular complexity index is 1520. The van der Waals surface area contributed by atoms with E-state index in [0.717, 1.165) is 38.5 Å². The summed E-state index contributed by atoms with van der Waals surface area (Å²) < 4.78 is 6.20. The zero-order chi connectivity index (χ0) is 33.5. The molecule has 3 N–H and O–H groups in total. The van der Waals surface area contributed by atoms with Gasteiger partial charge in [0.05, 0.1) is 5.41 Å². The van der Waals surface area contributed by atoms with Crippen LogP contribution in [-0.4, -0.2) is 39.6 Å². The van der Waals surface area contributed by atoms with Crippen LogP contribution in [0, 0.1) is 50.2 Å². The zero-order valence-corrected chi connectivity index (χ0v) is 28.4. The molecule has 0 bridgehead atoms. The van der Waals surface area contributed by atoms with E-state index >= 15 is 0 Å². The first-order valence-electron chi connectivity index (χ1n) is 17.3. The molecule has 4 fully saturated rings. The fourth-order valence-electron chi connectivity index (χ4n) is 11.6. The van der Waals surface area contributed by atoms with Gasteiger partial charge in [-0.05, 0) is 116 Å². The number of hydrogen-bond donors (Lipinski definition) is 3. The fourth-order valence-corrected chi connectivity index (χ4v) is 11.6. The van der Waals surface area contributed by atoms with Crippen LogP contribution in [0.5, 0.6) is 11.5 Å². The van der Waals surface area contributed by atoms with Crippen molar-refractivity contribution in [3.63, 3.8) is 0 Å². The maximum atomic E-state index is 13.3. The number of aliphatic carboxylic acids is 1. The SMILES string of the molecule is CC1(C)CC[C@]2(C(=O)O)CC[C@]3(COC(=O)C=Cc4ccc(O)c(O)c4)C(=CC[C@@H]4[C@@]5(C)CCC(=O)C(C)(C)[C@@H]5CC[C@]43C)[C@@H]2C1. The van der Waals surface area contributed by atoms with Gasteiger partial charge in [0.25, 0.3) is 0 Å². The Hall–Kier alpha value is -3.09. The zero-order valence-electron chi connectivity index (χ0n) is 28.4. The number of carboxylic acid groups (broad SMARTS) is 1. The number of ketones is 1. The summed E-state index contributed by atoms with van der Waals surface area (Å²) in [6, 6.07) is 4.37. The first-order chi connectivity index (χ1) is 21.4. The molecule has 0 spiro atoms. The number of benzene rings is 1. The minimum Gasteiger partial charge on any atom is -0.504 e. The highest BCUT2D eigenvalue weighted by atomic mass is 16.5. The Morgan fingerprint density at radius 3 is 2.35 bits per heavy atom. The molecule has 0 aliphatic heterocycles. The van der Waals surface area contributed by atoms with Crippen molar-refractivity contribution < 1.29 is 34.4 Å². The van der Waals surface area contributed by atoms with Gasteiger partial charge in [0.2, 0.25) is 0 Å². The lowest BCUT2D eigenvalue weighted by Crippen LogP contribution is -2.66. The third-order valence-electron chi connectivity index (χ3n) is 14.4. The van der Waals surface area contributed by atoms with E-state index in [1.165, 1.54) is 23.8 Å². The highest BCUT2D eigenvalue weighted by molar-refractivity contribution is 5.87. The lowest BCUT2D eigenvalue weighted by Gasteiger charge is -2.70. The highest BCUT2D eigenvalue weighted by Gasteiger charge is 2.71. The van der Waals surface area contributed by atoms with Crippen LogP contribution >= 0.6 is 0 Å². The molecule has 0 saturated heterocycles. The number of hydrogen-bond acceptors (Lipinski definition) is 6. The average Bonchev–Trinajstić information content (AvgIpc) is 2.98. The van der Waals surface area contributed by atoms with Crippen molar-refractivity contribution in [1.82, 2.24) is 0 Å². The van der Waals surface area contributed by atoms with E-state index < -0.39 is 22.8 Å². The average molecular weight is 633 g/mol. The Kier molecular flexibility index (Phi) is 7.65. The molecule has 5 aliphatic rings. The van der Waals surface area contributed by atoms with Gasteiger partial charge in [-0.1, -0.05) is 59.3 Å². The second-order valence-electron chi connectivity index (χ2n) is 17.3. The maximum Gasteiger partial charge on any atom is 0.330 e. The van der Waals surface area contributed by atoms with Gasteiger partial charge in [-0.3, -0.25) is 9.59 Å². The van der Waals surface area contributed by atoms with Crippen molar-refractivity contribution in [2.24, 2.45) is 50.2 Å². The quantitative estimate of drug-likeness (QED) is 0.130. The molecule has 0 unspecified atom stereocenters. The molecule has 5 aliphatic carbocycles. The molecule has 0 radical (unpaired) electrons. The largest absolute Gasteiger partial charge is 0.504 e. The molecule has 0 amide bonds. The van der Waals surface area contributed by atoms with Gasteiger partial charge >= 0.3 is 11.9 Å². The molecule has 0 heterocycles. The number of rotatable bonds is 5. The van der Waals surface area contributed by atoms with Crippen LogP contribution in [0.15, 0.2) is 35.9 Å². The Morgan fingerprint density at radius 1 is 0.935 bits per heavy atom. The summed E-state index contributed by atoms with van der Waals surface area (Å²) in [6.45, 7) is 13.7. The first kappa shape index (κ1) is 32.8. The minimum absolute atomic E-state index is 0.0117. The number of ether oxygens (including phenoxy) is 1. The van der Waals surface area contributed by atoms with Gasteiger partial charge in [-0.2, -0.15) is 0 Å². The Balaban J connectivity index is 1.41. The molecule has 6 rings (SSSR count). The van der Waals surface area contributed by atoms with E-state index in [2.05, 4.69) is 47.6 Å². The Labute approximate surface area is 273 Å². The summed E-state index contributed by atoms with van der Waals surface area (Å²) in [6.07, 6.45) is 13.0. The molecule has 0 aromatic heterocycles. The van der Waals surface area contributed by atoms with Crippen LogP contribution in [0.3, 0.4) is 0 Å². The van der Waals surface area contributed by atoms with Crippen molar-refractivity contribution in [1.29, 1.82) is 0 Å². The van der Waals surface area contributed by atoms with Gasteiger partial charge in [0.1, 0.15) is 12.4 Å². The number of aromatic hydroxyl groups is 2. The molecule has 7 nitrogen and oxygen atoms in total. The summed E-state index contributed by atoms with van der Waals surface area (Å²) in [5.74, 6) is -0.896. The third kappa shape index (κ3) is 4.69. The number of carboxylic acids is 1. The van der Waals surface area contributed by atoms with E-state index in [1.54, 1.807) is 12.1 Å². The molecule has 7 atom stereocenters. The van der Waals surface area contributed by atoms with E-state index in [1.807, 2.05) is 0 Å². The summed E-state index contributed by atoms with van der Waals surface area (Å²) in [7, 11) is 0. The molecule has 46 heavy (non-hydrogen) atoms. The van der Waals surface area contributed by atoms with Gasteiger partial charge in [-0.25, -0.2) is 4.79 Å². The van der Waals surface area contributed by atoms with Crippen molar-refractivity contribution in [2.45, 2.75) is 106 Å². The highest BCUT2D eigenvalue weighted by Crippen LogP contribution is 2.75. The number of phenolic OH excluding ortho intramolecular Hbond substituents is 2. The summed E-state index contributed by atoms with van der Waals surface area (Å²) >= 11 is 0. The molecule has 4 saturated carbocycles. The van der Waals surface area contributed by atoms with Gasteiger partial charge in [0, 0.05) is 23.3 Å². The van der Waals surface area contributed by atoms with Crippen LogP contribution in [0.4, 0.5) is 0 Å². The van der Waals surface area contributed by atoms with Crippen LogP contribution in [0.2, 0.25) is 0 Å². The lowest BCUT2D eigenvalue weighted by atomic mass is 9.33. The van der Waals surface area contributed by atoms with Crippen molar-refractivity contribution in [3.05, 3.63) is 41.5 Å². The summed E-state index contributed by atoms with van der Waals surface area (Å²) in [5, 5.41) is 30.3. The standard InChI is InChI=1S/C39H52O7/c1-34(2)17-18-38(33(44)45)19-20-39(23-46-32(43)12-8-24-7-10-27(40)28(41)21-24)25(26(38)22-34)9-11-30-36(5)15-14-31(42)35(3,4)29(36)13-16-37(30,39)6/h7-10,12,21,26,29-30,40-41H,11,13-20,22-23H2,1-6H3,(H,44,45)/t26-,29-,30+,36-,37+,38-,39-/m0/s1. The topological polar surface area (TPSA) is 121 Å². The second-order valence-corrected chi connectivity index (χ2v) is 17.3. The number of carbonyl (C=O) groups is 3. The van der Waals surface area contributed by atoms with Crippen molar-refractivity contribution >= 4 is 23.8 Å². The van der Waals surface area contributed by atoms with Gasteiger partial charge < -0.3 is 20.1 Å². The molecular formula is C39H52O7. The predicted molar refractivity (Wildman–Crippen MR) is 176 cm³/mol. The monoisotopic (exact) mass is 632 g/mol. The maximum absolute atomic E-state index is 13.3. The van der Waals surface area contributed by atoms with E-state index in [9.17, 15) is 29.7 Å². The molecule has 7 heteroatoms. The van der Waals surface area contributed by atoms with E-state index in [0.29, 0.717) is 37.0 Å². The van der Waals surface area contributed by atoms with Crippen LogP contribution in [0.1, 0.15) is 111 Å². The Morgan fingerprint density at radius 2 is 1.65 bits per heavy atom. The normalized spacial score (nSPS) is 39.3. The molecule has 1 aromatic carbocycles. The van der Waals surface area contributed by atoms with E-state index in [4.69, 9.17) is 4.74 Å². The number of Topliss-reactive ketones (excluding diaryl/α,β-unsaturated/α-hetero) is 1.